The maximum atomic E-state index is 13.3. The van der Waals surface area contributed by atoms with Gasteiger partial charge in [-0.15, -0.1) is 0 Å². The highest BCUT2D eigenvalue weighted by Crippen LogP contribution is 2.30. The van der Waals surface area contributed by atoms with Crippen LogP contribution in [0.15, 0.2) is 60.9 Å². The number of rotatable bonds is 6. The van der Waals surface area contributed by atoms with Crippen LogP contribution in [0, 0.1) is 5.92 Å². The Balaban J connectivity index is 1.16. The second-order valence-electron chi connectivity index (χ2n) is 9.47. The van der Waals surface area contributed by atoms with E-state index in [-0.39, 0.29) is 29.9 Å². The Kier molecular flexibility index (Phi) is 7.04. The van der Waals surface area contributed by atoms with Gasteiger partial charge in [0.15, 0.2) is 5.69 Å². The average Bonchev–Trinajstić information content (AvgIpc) is 3.36. The minimum absolute atomic E-state index is 0.0443. The third kappa shape index (κ3) is 4.99. The maximum Gasteiger partial charge on any atom is 0.274 e. The Morgan fingerprint density at radius 1 is 1.08 bits per heavy atom. The fourth-order valence-corrected chi connectivity index (χ4v) is 4.98. The first kappa shape index (κ1) is 24.1. The SMILES string of the molecule is COc1ccc([C@@H]2Cn3cnc(C(=O)N4CCC(C(=O)N[C@@H](C)c5ccccc5)CC4)c3CO2)cc1. The van der Waals surface area contributed by atoms with E-state index in [9.17, 15) is 9.59 Å². The smallest absolute Gasteiger partial charge is 0.274 e. The zero-order chi connectivity index (χ0) is 25.1. The molecule has 8 heteroatoms. The van der Waals surface area contributed by atoms with E-state index in [1.807, 2.05) is 71.0 Å². The fraction of sp³-hybridized carbons (Fsp3) is 0.393. The number of hydrogen-bond acceptors (Lipinski definition) is 5. The number of nitrogens with one attached hydrogen (secondary N) is 1. The van der Waals surface area contributed by atoms with Crippen molar-refractivity contribution in [3.8, 4) is 5.75 Å². The first-order chi connectivity index (χ1) is 17.5. The van der Waals surface area contributed by atoms with Crippen molar-refractivity contribution < 1.29 is 19.1 Å². The summed E-state index contributed by atoms with van der Waals surface area (Å²) < 4.78 is 13.3. The van der Waals surface area contributed by atoms with Crippen LogP contribution in [-0.2, 0) is 22.7 Å². The molecule has 2 atom stereocenters. The summed E-state index contributed by atoms with van der Waals surface area (Å²) in [6, 6.07) is 17.7. The standard InChI is InChI=1S/C28H32N4O4/c1-19(20-6-4-3-5-7-20)30-27(33)22-12-14-31(15-13-22)28(34)26-24-17-36-25(16-32(24)18-29-26)21-8-10-23(35-2)11-9-21/h3-11,18-19,22,25H,12-17H2,1-2H3,(H,30,33)/t19-,25-/m0/s1. The number of hydrogen-bond donors (Lipinski definition) is 1. The monoisotopic (exact) mass is 488 g/mol. The summed E-state index contributed by atoms with van der Waals surface area (Å²) >= 11 is 0. The van der Waals surface area contributed by atoms with Crippen LogP contribution in [0.3, 0.4) is 0 Å². The first-order valence-electron chi connectivity index (χ1n) is 12.5. The van der Waals surface area contributed by atoms with Crippen molar-refractivity contribution in [2.45, 2.75) is 45.1 Å². The second kappa shape index (κ2) is 10.5. The summed E-state index contributed by atoms with van der Waals surface area (Å²) in [7, 11) is 1.65. The zero-order valence-corrected chi connectivity index (χ0v) is 20.7. The average molecular weight is 489 g/mol. The lowest BCUT2D eigenvalue weighted by atomic mass is 9.95. The van der Waals surface area contributed by atoms with E-state index in [1.54, 1.807) is 13.4 Å². The topological polar surface area (TPSA) is 85.7 Å². The van der Waals surface area contributed by atoms with Gasteiger partial charge in [-0.25, -0.2) is 4.98 Å². The molecular formula is C28H32N4O4. The number of piperidine rings is 1. The number of imidazole rings is 1. The van der Waals surface area contributed by atoms with Crippen LogP contribution in [0.5, 0.6) is 5.75 Å². The maximum absolute atomic E-state index is 13.3. The Morgan fingerprint density at radius 2 is 1.81 bits per heavy atom. The van der Waals surface area contributed by atoms with E-state index in [0.29, 0.717) is 44.8 Å². The Morgan fingerprint density at radius 3 is 2.50 bits per heavy atom. The lowest BCUT2D eigenvalue weighted by Crippen LogP contribution is -2.43. The molecule has 0 unspecified atom stereocenters. The van der Waals surface area contributed by atoms with Crippen molar-refractivity contribution in [2.75, 3.05) is 20.2 Å². The van der Waals surface area contributed by atoms with Gasteiger partial charge in [-0.1, -0.05) is 42.5 Å². The highest BCUT2D eigenvalue weighted by Gasteiger charge is 2.32. The molecule has 1 N–H and O–H groups in total. The van der Waals surface area contributed by atoms with Crippen LogP contribution in [0.25, 0.3) is 0 Å². The Labute approximate surface area is 211 Å². The van der Waals surface area contributed by atoms with Gasteiger partial charge >= 0.3 is 0 Å². The molecule has 2 aliphatic heterocycles. The number of aromatic nitrogens is 2. The molecule has 2 aliphatic rings. The van der Waals surface area contributed by atoms with E-state index < -0.39 is 0 Å². The summed E-state index contributed by atoms with van der Waals surface area (Å²) in [6.45, 7) is 4.00. The van der Waals surface area contributed by atoms with Gasteiger partial charge in [-0.05, 0) is 43.0 Å². The molecule has 0 aliphatic carbocycles. The van der Waals surface area contributed by atoms with E-state index in [0.717, 1.165) is 22.6 Å². The number of amides is 2. The number of likely N-dealkylation sites (tertiary alicyclic amines) is 1. The van der Waals surface area contributed by atoms with E-state index in [2.05, 4.69) is 10.3 Å². The van der Waals surface area contributed by atoms with Crippen molar-refractivity contribution in [3.63, 3.8) is 0 Å². The highest BCUT2D eigenvalue weighted by molar-refractivity contribution is 5.93. The van der Waals surface area contributed by atoms with Crippen LogP contribution in [0.2, 0.25) is 0 Å². The minimum atomic E-state index is -0.104. The number of carbonyl (C=O) groups excluding carboxylic acids is 2. The number of benzene rings is 2. The molecule has 0 bridgehead atoms. The molecule has 2 aromatic carbocycles. The Hall–Kier alpha value is -3.65. The predicted octanol–water partition coefficient (Wildman–Crippen LogP) is 3.89. The summed E-state index contributed by atoms with van der Waals surface area (Å²) in [5, 5.41) is 3.12. The van der Waals surface area contributed by atoms with Crippen LogP contribution in [0.4, 0.5) is 0 Å². The summed E-state index contributed by atoms with van der Waals surface area (Å²) in [5.41, 5.74) is 3.40. The summed E-state index contributed by atoms with van der Waals surface area (Å²) in [4.78, 5) is 32.3. The molecule has 1 saturated heterocycles. The molecule has 5 rings (SSSR count). The van der Waals surface area contributed by atoms with Gasteiger partial charge in [0.1, 0.15) is 11.9 Å². The number of nitrogens with zero attached hydrogens (tertiary/aromatic N) is 3. The van der Waals surface area contributed by atoms with Gasteiger partial charge in [0.2, 0.25) is 5.91 Å². The molecule has 0 radical (unpaired) electrons. The molecule has 3 aromatic rings. The first-order valence-corrected chi connectivity index (χ1v) is 12.5. The fourth-order valence-electron chi connectivity index (χ4n) is 4.98. The quantitative estimate of drug-likeness (QED) is 0.569. The van der Waals surface area contributed by atoms with Crippen molar-refractivity contribution >= 4 is 11.8 Å². The molecule has 188 valence electrons. The molecule has 2 amide bonds. The molecular weight excluding hydrogens is 456 g/mol. The molecule has 3 heterocycles. The van der Waals surface area contributed by atoms with Gasteiger partial charge in [-0.3, -0.25) is 9.59 Å². The molecule has 0 spiro atoms. The normalized spacial score (nSPS) is 18.8. The van der Waals surface area contributed by atoms with Crippen molar-refractivity contribution in [2.24, 2.45) is 5.92 Å². The van der Waals surface area contributed by atoms with Gasteiger partial charge in [-0.2, -0.15) is 0 Å². The third-order valence-corrected chi connectivity index (χ3v) is 7.23. The third-order valence-electron chi connectivity index (χ3n) is 7.23. The van der Waals surface area contributed by atoms with E-state index >= 15 is 0 Å². The van der Waals surface area contributed by atoms with Crippen LogP contribution >= 0.6 is 0 Å². The molecule has 36 heavy (non-hydrogen) atoms. The van der Waals surface area contributed by atoms with Crippen LogP contribution in [-0.4, -0.2) is 46.5 Å². The molecule has 8 nitrogen and oxygen atoms in total. The predicted molar refractivity (Wildman–Crippen MR) is 134 cm³/mol. The number of ether oxygens (including phenoxy) is 2. The van der Waals surface area contributed by atoms with Crippen molar-refractivity contribution in [1.29, 1.82) is 0 Å². The highest BCUT2D eigenvalue weighted by atomic mass is 16.5. The van der Waals surface area contributed by atoms with E-state index in [4.69, 9.17) is 9.47 Å². The van der Waals surface area contributed by atoms with Crippen LogP contribution in [0.1, 0.15) is 59.2 Å². The van der Waals surface area contributed by atoms with Gasteiger partial charge in [0, 0.05) is 19.0 Å². The molecule has 0 saturated carbocycles. The summed E-state index contributed by atoms with van der Waals surface area (Å²) in [6.07, 6.45) is 2.91. The largest absolute Gasteiger partial charge is 0.497 e. The Bertz CT molecular complexity index is 1200. The number of fused-ring (bicyclic) bond motifs is 1. The number of methoxy groups -OCH3 is 1. The lowest BCUT2D eigenvalue weighted by molar-refractivity contribution is -0.127. The number of carbonyl (C=O) groups is 2. The molecule has 1 fully saturated rings. The lowest BCUT2D eigenvalue weighted by Gasteiger charge is -2.32. The minimum Gasteiger partial charge on any atom is -0.497 e. The van der Waals surface area contributed by atoms with Gasteiger partial charge in [0.05, 0.1) is 38.3 Å². The van der Waals surface area contributed by atoms with Crippen LogP contribution < -0.4 is 10.1 Å². The summed E-state index contributed by atoms with van der Waals surface area (Å²) in [5.74, 6) is 0.671. The molecule has 1 aromatic heterocycles. The second-order valence-corrected chi connectivity index (χ2v) is 9.47. The van der Waals surface area contributed by atoms with Crippen molar-refractivity contribution in [1.82, 2.24) is 19.8 Å². The van der Waals surface area contributed by atoms with Crippen molar-refractivity contribution in [3.05, 3.63) is 83.4 Å². The van der Waals surface area contributed by atoms with Gasteiger partial charge < -0.3 is 24.3 Å². The van der Waals surface area contributed by atoms with Gasteiger partial charge in [0.25, 0.3) is 5.91 Å². The van der Waals surface area contributed by atoms with E-state index in [1.165, 1.54) is 0 Å². The zero-order valence-electron chi connectivity index (χ0n) is 20.7.